The molecule has 9 heteroatoms. The number of hydrogen-bond donors (Lipinski definition) is 3. The van der Waals surface area contributed by atoms with Gasteiger partial charge in [-0.25, -0.2) is 8.42 Å². The van der Waals surface area contributed by atoms with Gasteiger partial charge < -0.3 is 0 Å². The largest absolute Gasteiger partial charge is 0.328 e. The zero-order chi connectivity index (χ0) is 18.6. The topological polar surface area (TPSA) is 106 Å². The summed E-state index contributed by atoms with van der Waals surface area (Å²) in [5.74, 6) is 0.366. The van der Waals surface area contributed by atoms with Crippen LogP contribution in [0.3, 0.4) is 0 Å². The maximum Gasteiger partial charge on any atom is 0.328 e. The van der Waals surface area contributed by atoms with Crippen molar-refractivity contribution in [2.45, 2.75) is 23.5 Å². The normalized spacial score (nSPS) is 14.7. The summed E-state index contributed by atoms with van der Waals surface area (Å²) in [6.45, 7) is 0.733. The highest BCUT2D eigenvalue weighted by Gasteiger charge is 2.24. The number of benzene rings is 2. The number of nitrogens with one attached hydrogen (secondary N) is 3. The van der Waals surface area contributed by atoms with E-state index in [4.69, 9.17) is 0 Å². The van der Waals surface area contributed by atoms with Crippen molar-refractivity contribution in [3.63, 3.8) is 0 Å². The molecule has 1 aliphatic rings. The summed E-state index contributed by atoms with van der Waals surface area (Å²) in [4.78, 5) is 2.98. The minimum Gasteiger partial charge on any atom is -0.283 e. The van der Waals surface area contributed by atoms with E-state index in [1.165, 1.54) is 24.3 Å². The molecular formula is C17H20N3O4S2+. The predicted octanol–water partition coefficient (Wildman–Crippen LogP) is 0.180. The summed E-state index contributed by atoms with van der Waals surface area (Å²) in [5, 5.41) is 0. The van der Waals surface area contributed by atoms with Crippen molar-refractivity contribution in [1.82, 2.24) is 4.72 Å². The highest BCUT2D eigenvalue weighted by atomic mass is 32.2. The van der Waals surface area contributed by atoms with E-state index in [2.05, 4.69) is 14.4 Å². The van der Waals surface area contributed by atoms with Crippen LogP contribution in [0.15, 0.2) is 59.5 Å². The lowest BCUT2D eigenvalue weighted by atomic mass is 10.2. The zero-order valence-electron chi connectivity index (χ0n) is 14.0. The summed E-state index contributed by atoms with van der Waals surface area (Å²) >= 11 is 0. The van der Waals surface area contributed by atoms with Gasteiger partial charge in [0.05, 0.1) is 18.7 Å². The molecule has 0 radical (unpaired) electrons. The van der Waals surface area contributed by atoms with Crippen molar-refractivity contribution < 1.29 is 21.8 Å². The SMILES string of the molecule is O=S(=O)(Cc1ccccc1)Nc1cccc(S(=O)(=O)NC2=[NH+]CCC2)c1. The standard InChI is InChI=1S/C17H19N3O4S2/c21-25(22,13-14-6-2-1-3-7-14)19-15-8-4-9-16(12-15)26(23,24)20-17-10-5-11-18-17/h1-4,6-9,12,19H,5,10-11,13H2,(H,18,20)/p+1. The van der Waals surface area contributed by atoms with Crippen LogP contribution in [0.4, 0.5) is 5.69 Å². The molecule has 0 bridgehead atoms. The van der Waals surface area contributed by atoms with Gasteiger partial charge in [-0.1, -0.05) is 36.4 Å². The van der Waals surface area contributed by atoms with Crippen LogP contribution >= 0.6 is 0 Å². The minimum absolute atomic E-state index is 0.00129. The van der Waals surface area contributed by atoms with Crippen molar-refractivity contribution in [3.05, 3.63) is 60.2 Å². The van der Waals surface area contributed by atoms with Gasteiger partial charge in [0, 0.05) is 5.69 Å². The average molecular weight is 394 g/mol. The third-order valence-electron chi connectivity index (χ3n) is 3.82. The van der Waals surface area contributed by atoms with Crippen LogP contribution in [0.5, 0.6) is 0 Å². The summed E-state index contributed by atoms with van der Waals surface area (Å²) < 4.78 is 54.5. The summed E-state index contributed by atoms with van der Waals surface area (Å²) in [6, 6.07) is 14.5. The van der Waals surface area contributed by atoms with Gasteiger partial charge in [-0.15, -0.1) is 0 Å². The smallest absolute Gasteiger partial charge is 0.283 e. The second-order valence-corrected chi connectivity index (χ2v) is 9.39. The first-order valence-electron chi connectivity index (χ1n) is 8.11. The molecule has 2 aromatic rings. The van der Waals surface area contributed by atoms with E-state index in [1.807, 2.05) is 6.07 Å². The van der Waals surface area contributed by atoms with Crippen molar-refractivity contribution in [1.29, 1.82) is 0 Å². The van der Waals surface area contributed by atoms with E-state index >= 15 is 0 Å². The van der Waals surface area contributed by atoms with Crippen LogP contribution in [-0.4, -0.2) is 29.2 Å². The molecule has 0 atom stereocenters. The molecule has 1 heterocycles. The second kappa shape index (κ2) is 7.46. The van der Waals surface area contributed by atoms with Gasteiger partial charge >= 0.3 is 10.0 Å². The predicted molar refractivity (Wildman–Crippen MR) is 99.5 cm³/mol. The quantitative estimate of drug-likeness (QED) is 0.650. The maximum atomic E-state index is 12.4. The van der Waals surface area contributed by atoms with Crippen molar-refractivity contribution >= 4 is 31.6 Å². The molecular weight excluding hydrogens is 374 g/mol. The van der Waals surface area contributed by atoms with Crippen LogP contribution in [0.2, 0.25) is 0 Å². The fraction of sp³-hybridized carbons (Fsp3) is 0.235. The fourth-order valence-electron chi connectivity index (χ4n) is 2.64. The highest BCUT2D eigenvalue weighted by molar-refractivity contribution is 7.92. The first-order chi connectivity index (χ1) is 12.3. The lowest BCUT2D eigenvalue weighted by molar-refractivity contribution is -0.448. The Labute approximate surface area is 153 Å². The number of amidine groups is 1. The Hall–Kier alpha value is -2.39. The number of hydrogen-bond acceptors (Lipinski definition) is 4. The first kappa shape index (κ1) is 18.4. The Balaban J connectivity index is 1.76. The summed E-state index contributed by atoms with van der Waals surface area (Å²) in [5.41, 5.74) is 0.849. The maximum absolute atomic E-state index is 12.4. The van der Waals surface area contributed by atoms with Gasteiger partial charge in [-0.2, -0.15) is 13.1 Å². The fourth-order valence-corrected chi connectivity index (χ4v) is 4.98. The van der Waals surface area contributed by atoms with E-state index in [0.717, 1.165) is 13.0 Å². The zero-order valence-corrected chi connectivity index (χ0v) is 15.6. The molecule has 1 aliphatic heterocycles. The molecule has 7 nitrogen and oxygen atoms in total. The molecule has 0 fully saturated rings. The highest BCUT2D eigenvalue weighted by Crippen LogP contribution is 2.18. The van der Waals surface area contributed by atoms with Gasteiger partial charge in [0.15, 0.2) is 0 Å². The molecule has 0 aromatic heterocycles. The second-order valence-electron chi connectivity index (χ2n) is 5.99. The molecule has 2 aromatic carbocycles. The van der Waals surface area contributed by atoms with Gasteiger partial charge in [0.2, 0.25) is 10.0 Å². The van der Waals surface area contributed by atoms with Crippen LogP contribution < -0.4 is 14.4 Å². The van der Waals surface area contributed by atoms with Crippen LogP contribution in [-0.2, 0) is 25.8 Å². The van der Waals surface area contributed by atoms with Gasteiger partial charge in [-0.3, -0.25) is 9.71 Å². The third kappa shape index (κ3) is 4.83. The lowest BCUT2D eigenvalue weighted by Gasteiger charge is -2.09. The molecule has 0 unspecified atom stereocenters. The Kier molecular flexibility index (Phi) is 5.28. The molecule has 0 amide bonds. The van der Waals surface area contributed by atoms with Crippen LogP contribution in [0, 0.1) is 0 Å². The third-order valence-corrected chi connectivity index (χ3v) is 6.47. The van der Waals surface area contributed by atoms with Crippen molar-refractivity contribution in [2.24, 2.45) is 0 Å². The molecule has 0 aliphatic carbocycles. The molecule has 3 N–H and O–H groups in total. The van der Waals surface area contributed by atoms with Gasteiger partial charge in [0.1, 0.15) is 4.90 Å². The molecule has 0 spiro atoms. The lowest BCUT2D eigenvalue weighted by Crippen LogP contribution is -2.72. The van der Waals surface area contributed by atoms with Crippen molar-refractivity contribution in [2.75, 3.05) is 11.3 Å². The molecule has 26 heavy (non-hydrogen) atoms. The number of rotatable bonds is 6. The van der Waals surface area contributed by atoms with Crippen LogP contribution in [0.1, 0.15) is 18.4 Å². The van der Waals surface area contributed by atoms with Gasteiger partial charge in [-0.05, 0) is 30.2 Å². The van der Waals surface area contributed by atoms with Crippen molar-refractivity contribution in [3.8, 4) is 0 Å². The van der Waals surface area contributed by atoms with E-state index in [0.29, 0.717) is 17.8 Å². The van der Waals surface area contributed by atoms with E-state index in [-0.39, 0.29) is 16.3 Å². The molecule has 0 saturated heterocycles. The monoisotopic (exact) mass is 394 g/mol. The first-order valence-corrected chi connectivity index (χ1v) is 11.2. The summed E-state index contributed by atoms with van der Waals surface area (Å²) in [7, 11) is -7.42. The Morgan fingerprint density at radius 1 is 0.923 bits per heavy atom. The molecule has 138 valence electrons. The van der Waals surface area contributed by atoms with E-state index in [1.54, 1.807) is 24.3 Å². The molecule has 0 saturated carbocycles. The Morgan fingerprint density at radius 3 is 2.38 bits per heavy atom. The minimum atomic E-state index is -3.77. The number of anilines is 1. The van der Waals surface area contributed by atoms with E-state index in [9.17, 15) is 16.8 Å². The van der Waals surface area contributed by atoms with E-state index < -0.39 is 20.0 Å². The average Bonchev–Trinajstić information content (AvgIpc) is 3.07. The Bertz CT molecular complexity index is 1020. The summed E-state index contributed by atoms with van der Waals surface area (Å²) in [6.07, 6.45) is 1.51. The van der Waals surface area contributed by atoms with Gasteiger partial charge in [0.25, 0.3) is 5.84 Å². The van der Waals surface area contributed by atoms with Crippen LogP contribution in [0.25, 0.3) is 0 Å². The Morgan fingerprint density at radius 2 is 1.69 bits per heavy atom. The number of sulfonamides is 2. The molecule has 3 rings (SSSR count).